The molecular formula is C13H16O2. The second-order valence-electron chi connectivity index (χ2n) is 4.47. The quantitative estimate of drug-likeness (QED) is 0.735. The maximum Gasteiger partial charge on any atom is 0.160 e. The van der Waals surface area contributed by atoms with Crippen molar-refractivity contribution in [2.45, 2.75) is 19.1 Å². The third-order valence-corrected chi connectivity index (χ3v) is 3.50. The summed E-state index contributed by atoms with van der Waals surface area (Å²) < 4.78 is 11.2. The van der Waals surface area contributed by atoms with Crippen molar-refractivity contribution in [2.75, 3.05) is 13.2 Å². The van der Waals surface area contributed by atoms with Gasteiger partial charge in [0.1, 0.15) is 0 Å². The monoisotopic (exact) mass is 204 g/mol. The van der Waals surface area contributed by atoms with Gasteiger partial charge in [-0.3, -0.25) is 0 Å². The van der Waals surface area contributed by atoms with E-state index in [9.17, 15) is 0 Å². The van der Waals surface area contributed by atoms with E-state index in [0.717, 1.165) is 19.6 Å². The molecule has 3 rings (SSSR count). The SMILES string of the molecule is c1ccc(C[C@H]2CO[C@H]3OCC[C@@H]23)cc1. The molecule has 3 atom stereocenters. The van der Waals surface area contributed by atoms with Gasteiger partial charge >= 0.3 is 0 Å². The smallest absolute Gasteiger partial charge is 0.160 e. The van der Waals surface area contributed by atoms with Crippen molar-refractivity contribution in [1.29, 1.82) is 0 Å². The van der Waals surface area contributed by atoms with Crippen molar-refractivity contribution in [3.05, 3.63) is 35.9 Å². The molecule has 0 aliphatic carbocycles. The van der Waals surface area contributed by atoms with E-state index >= 15 is 0 Å². The zero-order chi connectivity index (χ0) is 10.1. The minimum absolute atomic E-state index is 0.0960. The molecule has 2 nitrogen and oxygen atoms in total. The lowest BCUT2D eigenvalue weighted by atomic mass is 9.88. The van der Waals surface area contributed by atoms with Gasteiger partial charge in [-0.2, -0.15) is 0 Å². The van der Waals surface area contributed by atoms with Crippen molar-refractivity contribution >= 4 is 0 Å². The Kier molecular flexibility index (Phi) is 2.47. The molecule has 80 valence electrons. The summed E-state index contributed by atoms with van der Waals surface area (Å²) in [5, 5.41) is 0. The molecule has 0 aromatic heterocycles. The first-order chi connectivity index (χ1) is 7.43. The maximum absolute atomic E-state index is 5.64. The summed E-state index contributed by atoms with van der Waals surface area (Å²) >= 11 is 0. The zero-order valence-corrected chi connectivity index (χ0v) is 8.76. The van der Waals surface area contributed by atoms with E-state index in [1.54, 1.807) is 0 Å². The predicted molar refractivity (Wildman–Crippen MR) is 57.4 cm³/mol. The summed E-state index contributed by atoms with van der Waals surface area (Å²) in [6.45, 7) is 1.74. The summed E-state index contributed by atoms with van der Waals surface area (Å²) in [5.74, 6) is 1.28. The zero-order valence-electron chi connectivity index (χ0n) is 8.76. The van der Waals surface area contributed by atoms with Gasteiger partial charge in [-0.15, -0.1) is 0 Å². The van der Waals surface area contributed by atoms with Gasteiger partial charge in [-0.25, -0.2) is 0 Å². The van der Waals surface area contributed by atoms with E-state index in [2.05, 4.69) is 30.3 Å². The van der Waals surface area contributed by atoms with Gasteiger partial charge in [0.2, 0.25) is 0 Å². The molecule has 1 aromatic rings. The first-order valence-corrected chi connectivity index (χ1v) is 5.70. The molecule has 2 heterocycles. The average Bonchev–Trinajstić information content (AvgIpc) is 2.85. The molecule has 0 saturated carbocycles. The van der Waals surface area contributed by atoms with Crippen LogP contribution >= 0.6 is 0 Å². The van der Waals surface area contributed by atoms with Crippen LogP contribution in [0.15, 0.2) is 30.3 Å². The fourth-order valence-electron chi connectivity index (χ4n) is 2.68. The van der Waals surface area contributed by atoms with Crippen LogP contribution in [-0.2, 0) is 15.9 Å². The summed E-state index contributed by atoms with van der Waals surface area (Å²) in [7, 11) is 0. The van der Waals surface area contributed by atoms with Crippen LogP contribution in [0.3, 0.4) is 0 Å². The minimum Gasteiger partial charge on any atom is -0.352 e. The Morgan fingerprint density at radius 1 is 1.13 bits per heavy atom. The van der Waals surface area contributed by atoms with Gasteiger partial charge in [0.15, 0.2) is 6.29 Å². The molecule has 0 amide bonds. The van der Waals surface area contributed by atoms with Crippen LogP contribution in [0, 0.1) is 11.8 Å². The summed E-state index contributed by atoms with van der Waals surface area (Å²) in [6, 6.07) is 10.7. The molecule has 1 aromatic carbocycles. The van der Waals surface area contributed by atoms with Crippen molar-refractivity contribution in [1.82, 2.24) is 0 Å². The Morgan fingerprint density at radius 2 is 2.00 bits per heavy atom. The van der Waals surface area contributed by atoms with E-state index in [0.29, 0.717) is 11.8 Å². The van der Waals surface area contributed by atoms with Crippen LogP contribution < -0.4 is 0 Å². The van der Waals surface area contributed by atoms with Crippen molar-refractivity contribution in [3.8, 4) is 0 Å². The maximum atomic E-state index is 5.64. The highest BCUT2D eigenvalue weighted by Crippen LogP contribution is 2.37. The summed E-state index contributed by atoms with van der Waals surface area (Å²) in [6.07, 6.45) is 2.40. The number of hydrogen-bond donors (Lipinski definition) is 0. The highest BCUT2D eigenvalue weighted by atomic mass is 16.7. The third-order valence-electron chi connectivity index (χ3n) is 3.50. The van der Waals surface area contributed by atoms with Gasteiger partial charge in [0.05, 0.1) is 13.2 Å². The summed E-state index contributed by atoms with van der Waals surface area (Å²) in [5.41, 5.74) is 1.42. The van der Waals surface area contributed by atoms with Gasteiger partial charge in [-0.05, 0) is 24.3 Å². The molecule has 2 heteroatoms. The summed E-state index contributed by atoms with van der Waals surface area (Å²) in [4.78, 5) is 0. The topological polar surface area (TPSA) is 18.5 Å². The van der Waals surface area contributed by atoms with Crippen molar-refractivity contribution in [3.63, 3.8) is 0 Å². The van der Waals surface area contributed by atoms with E-state index in [1.807, 2.05) is 0 Å². The molecule has 2 aliphatic rings. The second kappa shape index (κ2) is 3.95. The average molecular weight is 204 g/mol. The molecule has 0 bridgehead atoms. The van der Waals surface area contributed by atoms with Crippen LogP contribution in [0.25, 0.3) is 0 Å². The molecular weight excluding hydrogens is 188 g/mol. The van der Waals surface area contributed by atoms with Crippen LogP contribution in [0.4, 0.5) is 0 Å². The lowest BCUT2D eigenvalue weighted by Gasteiger charge is -2.14. The number of rotatable bonds is 2. The number of fused-ring (bicyclic) bond motifs is 1. The minimum atomic E-state index is 0.0960. The Balaban J connectivity index is 1.69. The first-order valence-electron chi connectivity index (χ1n) is 5.70. The number of hydrogen-bond acceptors (Lipinski definition) is 2. The first kappa shape index (κ1) is 9.37. The van der Waals surface area contributed by atoms with Gasteiger partial charge in [0.25, 0.3) is 0 Å². The van der Waals surface area contributed by atoms with Crippen molar-refractivity contribution in [2.24, 2.45) is 11.8 Å². The lowest BCUT2D eigenvalue weighted by molar-refractivity contribution is -0.0905. The largest absolute Gasteiger partial charge is 0.352 e. The fraction of sp³-hybridized carbons (Fsp3) is 0.538. The number of benzene rings is 1. The Bertz CT molecular complexity index is 323. The Labute approximate surface area is 90.2 Å². The van der Waals surface area contributed by atoms with Crippen LogP contribution in [0.2, 0.25) is 0 Å². The molecule has 0 radical (unpaired) electrons. The van der Waals surface area contributed by atoms with Gasteiger partial charge in [-0.1, -0.05) is 30.3 Å². The second-order valence-corrected chi connectivity index (χ2v) is 4.47. The molecule has 2 aliphatic heterocycles. The standard InChI is InChI=1S/C13H16O2/c1-2-4-10(5-3-1)8-11-9-15-13-12(11)6-7-14-13/h1-5,11-13H,6-9H2/t11-,12-,13+/m0/s1. The Morgan fingerprint density at radius 3 is 2.87 bits per heavy atom. The van der Waals surface area contributed by atoms with E-state index in [4.69, 9.17) is 9.47 Å². The van der Waals surface area contributed by atoms with E-state index in [1.165, 1.54) is 12.0 Å². The van der Waals surface area contributed by atoms with Crippen molar-refractivity contribution < 1.29 is 9.47 Å². The highest BCUT2D eigenvalue weighted by Gasteiger charge is 2.41. The van der Waals surface area contributed by atoms with Gasteiger partial charge in [0, 0.05) is 5.92 Å². The van der Waals surface area contributed by atoms with Crippen LogP contribution in [0.5, 0.6) is 0 Å². The fourth-order valence-corrected chi connectivity index (χ4v) is 2.68. The molecule has 0 spiro atoms. The molecule has 2 fully saturated rings. The molecule has 15 heavy (non-hydrogen) atoms. The van der Waals surface area contributed by atoms with Crippen LogP contribution in [0.1, 0.15) is 12.0 Å². The normalized spacial score (nSPS) is 34.3. The molecule has 0 N–H and O–H groups in total. The predicted octanol–water partition coefficient (Wildman–Crippen LogP) is 2.24. The van der Waals surface area contributed by atoms with Gasteiger partial charge < -0.3 is 9.47 Å². The molecule has 2 saturated heterocycles. The molecule has 0 unspecified atom stereocenters. The Hall–Kier alpha value is -0.860. The lowest BCUT2D eigenvalue weighted by Crippen LogP contribution is -2.16. The van der Waals surface area contributed by atoms with E-state index < -0.39 is 0 Å². The number of ether oxygens (including phenoxy) is 2. The third kappa shape index (κ3) is 1.80. The highest BCUT2D eigenvalue weighted by molar-refractivity contribution is 5.15. The van der Waals surface area contributed by atoms with E-state index in [-0.39, 0.29) is 6.29 Å². The van der Waals surface area contributed by atoms with Crippen LogP contribution in [-0.4, -0.2) is 19.5 Å².